The van der Waals surface area contributed by atoms with Gasteiger partial charge in [0.15, 0.2) is 16.9 Å². The molecule has 1 aliphatic rings. The molecule has 180 valence electrons. The van der Waals surface area contributed by atoms with E-state index < -0.39 is 29.2 Å². The summed E-state index contributed by atoms with van der Waals surface area (Å²) in [6.07, 6.45) is 3.16. The molecule has 1 aliphatic heterocycles. The third-order valence-electron chi connectivity index (χ3n) is 6.31. The lowest BCUT2D eigenvalue weighted by Crippen LogP contribution is -2.49. The van der Waals surface area contributed by atoms with Crippen molar-refractivity contribution in [3.05, 3.63) is 86.7 Å². The fourth-order valence-corrected chi connectivity index (χ4v) is 4.40. The Labute approximate surface area is 198 Å². The first-order valence-corrected chi connectivity index (χ1v) is 11.1. The number of imidazole rings is 1. The molecule has 11 nitrogen and oxygen atoms in total. The van der Waals surface area contributed by atoms with E-state index in [0.29, 0.717) is 6.42 Å². The minimum atomic E-state index is -0.823. The Bertz CT molecular complexity index is 1540. The van der Waals surface area contributed by atoms with Crippen molar-refractivity contribution in [2.45, 2.75) is 25.6 Å². The molecule has 1 amide bonds. The van der Waals surface area contributed by atoms with Crippen LogP contribution in [0.25, 0.3) is 11.2 Å². The first-order chi connectivity index (χ1) is 16.9. The van der Waals surface area contributed by atoms with E-state index in [4.69, 9.17) is 9.15 Å². The predicted molar refractivity (Wildman–Crippen MR) is 124 cm³/mol. The van der Waals surface area contributed by atoms with Crippen LogP contribution in [-0.2, 0) is 43.1 Å². The van der Waals surface area contributed by atoms with Gasteiger partial charge in [-0.25, -0.2) is 14.6 Å². The van der Waals surface area contributed by atoms with Crippen molar-refractivity contribution in [3.8, 4) is 0 Å². The zero-order valence-corrected chi connectivity index (χ0v) is 19.2. The second kappa shape index (κ2) is 8.75. The Morgan fingerprint density at radius 1 is 1.09 bits per heavy atom. The first-order valence-electron chi connectivity index (χ1n) is 11.1. The number of carbonyl (C=O) groups excluding carboxylic acids is 2. The molecule has 0 unspecified atom stereocenters. The molecule has 4 heterocycles. The van der Waals surface area contributed by atoms with E-state index in [-0.39, 0.29) is 36.6 Å². The Morgan fingerprint density at radius 2 is 1.86 bits per heavy atom. The number of rotatable bonds is 5. The predicted octanol–water partition coefficient (Wildman–Crippen LogP) is 0.837. The van der Waals surface area contributed by atoms with E-state index in [1.54, 1.807) is 16.7 Å². The standard InChI is InChI=1S/C24H23N5O6/c1-26-20-19(22(31)27(2)24(26)33)28(14-25-20)9-11-35-23(32)17-12-15-6-3-4-7-16(15)13-29(17)21(30)18-8-5-10-34-18/h3-8,10,14,17H,9,11-13H2,1-2H3/t17-/m0/s1. The van der Waals surface area contributed by atoms with Crippen molar-refractivity contribution >= 4 is 23.0 Å². The van der Waals surface area contributed by atoms with Crippen LogP contribution in [0, 0.1) is 0 Å². The first kappa shape index (κ1) is 22.4. The molecule has 0 radical (unpaired) electrons. The summed E-state index contributed by atoms with van der Waals surface area (Å²) in [6.45, 7) is 0.369. The molecule has 0 spiro atoms. The summed E-state index contributed by atoms with van der Waals surface area (Å²) in [5, 5.41) is 0. The van der Waals surface area contributed by atoms with Gasteiger partial charge in [0, 0.05) is 27.1 Å². The Kier molecular flexibility index (Phi) is 5.59. The lowest BCUT2D eigenvalue weighted by molar-refractivity contribution is -0.150. The molecule has 0 saturated carbocycles. The maximum Gasteiger partial charge on any atom is 0.332 e. The number of hydrogen-bond donors (Lipinski definition) is 0. The maximum atomic E-state index is 13.1. The summed E-state index contributed by atoms with van der Waals surface area (Å²) in [4.78, 5) is 56.5. The topological polar surface area (TPSA) is 122 Å². The van der Waals surface area contributed by atoms with E-state index in [2.05, 4.69) is 4.98 Å². The quantitative estimate of drug-likeness (QED) is 0.391. The van der Waals surface area contributed by atoms with Gasteiger partial charge in [-0.05, 0) is 23.3 Å². The second-order valence-corrected chi connectivity index (χ2v) is 8.38. The number of esters is 1. The van der Waals surface area contributed by atoms with E-state index in [1.807, 2.05) is 24.3 Å². The van der Waals surface area contributed by atoms with Gasteiger partial charge in [0.2, 0.25) is 0 Å². The van der Waals surface area contributed by atoms with Gasteiger partial charge in [0.05, 0.1) is 19.1 Å². The van der Waals surface area contributed by atoms with Crippen molar-refractivity contribution in [1.29, 1.82) is 0 Å². The van der Waals surface area contributed by atoms with Crippen LogP contribution in [0.2, 0.25) is 0 Å². The molecule has 0 saturated heterocycles. The van der Waals surface area contributed by atoms with E-state index in [1.165, 1.54) is 36.2 Å². The fraction of sp³-hybridized carbons (Fsp3) is 0.292. The lowest BCUT2D eigenvalue weighted by Gasteiger charge is -2.34. The van der Waals surface area contributed by atoms with Gasteiger partial charge in [0.1, 0.15) is 12.6 Å². The number of fused-ring (bicyclic) bond motifs is 2. The summed E-state index contributed by atoms with van der Waals surface area (Å²) in [6, 6.07) is 10.00. The smallest absolute Gasteiger partial charge is 0.332 e. The SMILES string of the molecule is Cn1c(=O)c2c(ncn2CCOC(=O)[C@@H]2Cc3ccccc3CN2C(=O)c2ccco2)n(C)c1=O. The minimum Gasteiger partial charge on any atom is -0.462 e. The number of amides is 1. The van der Waals surface area contributed by atoms with Gasteiger partial charge in [-0.15, -0.1) is 0 Å². The monoisotopic (exact) mass is 477 g/mol. The summed E-state index contributed by atoms with van der Waals surface area (Å²) in [7, 11) is 2.93. The highest BCUT2D eigenvalue weighted by Gasteiger charge is 2.37. The molecule has 1 atom stereocenters. The molecule has 35 heavy (non-hydrogen) atoms. The minimum absolute atomic E-state index is 0.0444. The average Bonchev–Trinajstić information content (AvgIpc) is 3.55. The van der Waals surface area contributed by atoms with Crippen molar-refractivity contribution in [3.63, 3.8) is 0 Å². The van der Waals surface area contributed by atoms with Gasteiger partial charge in [-0.2, -0.15) is 0 Å². The number of aryl methyl sites for hydroxylation is 1. The molecule has 0 bridgehead atoms. The Hall–Kier alpha value is -4.41. The number of ether oxygens (including phenoxy) is 1. The van der Waals surface area contributed by atoms with Crippen LogP contribution in [0.15, 0.2) is 63.0 Å². The zero-order chi connectivity index (χ0) is 24.7. The molecule has 11 heteroatoms. The van der Waals surface area contributed by atoms with Gasteiger partial charge in [0.25, 0.3) is 11.5 Å². The highest BCUT2D eigenvalue weighted by atomic mass is 16.5. The van der Waals surface area contributed by atoms with E-state index in [9.17, 15) is 19.2 Å². The molecule has 0 aliphatic carbocycles. The molecular weight excluding hydrogens is 454 g/mol. The highest BCUT2D eigenvalue weighted by molar-refractivity contribution is 5.95. The highest BCUT2D eigenvalue weighted by Crippen LogP contribution is 2.26. The van der Waals surface area contributed by atoms with Crippen LogP contribution in [0.4, 0.5) is 0 Å². The number of hydrogen-bond acceptors (Lipinski definition) is 7. The number of aromatic nitrogens is 4. The van der Waals surface area contributed by atoms with Crippen molar-refractivity contribution in [2.75, 3.05) is 6.61 Å². The fourth-order valence-electron chi connectivity index (χ4n) is 4.40. The summed E-state index contributed by atoms with van der Waals surface area (Å²) in [5.41, 5.74) is 1.48. The lowest BCUT2D eigenvalue weighted by atomic mass is 9.93. The van der Waals surface area contributed by atoms with Gasteiger partial charge in [-0.3, -0.25) is 18.7 Å². The zero-order valence-electron chi connectivity index (χ0n) is 19.2. The summed E-state index contributed by atoms with van der Waals surface area (Å²) in [5.74, 6) is -0.797. The molecule has 0 N–H and O–H groups in total. The Morgan fingerprint density at radius 3 is 2.60 bits per heavy atom. The van der Waals surface area contributed by atoms with E-state index in [0.717, 1.165) is 15.7 Å². The third kappa shape index (κ3) is 3.84. The normalized spacial score (nSPS) is 15.3. The molecule has 1 aromatic carbocycles. The van der Waals surface area contributed by atoms with Crippen LogP contribution in [0.3, 0.4) is 0 Å². The second-order valence-electron chi connectivity index (χ2n) is 8.38. The largest absolute Gasteiger partial charge is 0.462 e. The van der Waals surface area contributed by atoms with E-state index >= 15 is 0 Å². The van der Waals surface area contributed by atoms with Crippen LogP contribution in [0.5, 0.6) is 0 Å². The van der Waals surface area contributed by atoms with Crippen molar-refractivity contribution in [2.24, 2.45) is 14.1 Å². The number of nitrogens with zero attached hydrogens (tertiary/aromatic N) is 5. The summed E-state index contributed by atoms with van der Waals surface area (Å²) < 4.78 is 14.7. The Balaban J connectivity index is 1.35. The average molecular weight is 477 g/mol. The molecular formula is C24H23N5O6. The van der Waals surface area contributed by atoms with Crippen LogP contribution >= 0.6 is 0 Å². The third-order valence-corrected chi connectivity index (χ3v) is 6.31. The molecule has 0 fully saturated rings. The van der Waals surface area contributed by atoms with Crippen molar-refractivity contribution in [1.82, 2.24) is 23.6 Å². The maximum absolute atomic E-state index is 13.1. The van der Waals surface area contributed by atoms with Gasteiger partial charge in [-0.1, -0.05) is 24.3 Å². The van der Waals surface area contributed by atoms with Crippen molar-refractivity contribution < 1.29 is 18.7 Å². The van der Waals surface area contributed by atoms with Crippen LogP contribution in [-0.4, -0.2) is 48.1 Å². The summed E-state index contributed by atoms with van der Waals surface area (Å²) >= 11 is 0. The molecule has 3 aromatic heterocycles. The van der Waals surface area contributed by atoms with Crippen LogP contribution < -0.4 is 11.2 Å². The number of furan rings is 1. The molecule has 5 rings (SSSR count). The number of carbonyl (C=O) groups is 2. The number of benzene rings is 1. The van der Waals surface area contributed by atoms with Crippen LogP contribution in [0.1, 0.15) is 21.7 Å². The van der Waals surface area contributed by atoms with Gasteiger partial charge < -0.3 is 18.6 Å². The molecule has 4 aromatic rings. The van der Waals surface area contributed by atoms with Gasteiger partial charge >= 0.3 is 11.7 Å².